The summed E-state index contributed by atoms with van der Waals surface area (Å²) >= 11 is 0. The third kappa shape index (κ3) is 1.66. The molecule has 0 amide bonds. The molecule has 0 saturated heterocycles. The van der Waals surface area contributed by atoms with Crippen LogP contribution in [0.2, 0.25) is 0 Å². The van der Waals surface area contributed by atoms with Crippen molar-refractivity contribution in [2.75, 3.05) is 0 Å². The van der Waals surface area contributed by atoms with Crippen LogP contribution in [0, 0.1) is 19.8 Å². The first-order valence-electron chi connectivity index (χ1n) is 4.69. The predicted molar refractivity (Wildman–Crippen MR) is 50.1 cm³/mol. The molecule has 2 rings (SSSR count). The zero-order chi connectivity index (χ0) is 8.55. The topological polar surface area (TPSA) is 12.9 Å². The van der Waals surface area contributed by atoms with Crippen molar-refractivity contribution in [2.24, 2.45) is 5.92 Å². The van der Waals surface area contributed by atoms with Crippen molar-refractivity contribution < 1.29 is 0 Å². The largest absolute Gasteiger partial charge is 0.258 e. The molecule has 0 spiro atoms. The van der Waals surface area contributed by atoms with Crippen molar-refractivity contribution in [1.29, 1.82) is 0 Å². The van der Waals surface area contributed by atoms with Gasteiger partial charge in [-0.2, -0.15) is 0 Å². The van der Waals surface area contributed by atoms with E-state index in [1.54, 1.807) is 0 Å². The highest BCUT2D eigenvalue weighted by Gasteiger charge is 2.22. The molecule has 64 valence electrons. The summed E-state index contributed by atoms with van der Waals surface area (Å²) in [5.41, 5.74) is 3.82. The molecule has 1 heteroatoms. The van der Waals surface area contributed by atoms with E-state index in [1.165, 1.54) is 30.5 Å². The van der Waals surface area contributed by atoms with Crippen molar-refractivity contribution in [1.82, 2.24) is 4.98 Å². The molecule has 1 nitrogen and oxygen atoms in total. The van der Waals surface area contributed by atoms with Crippen LogP contribution in [0.15, 0.2) is 12.1 Å². The molecule has 0 unspecified atom stereocenters. The van der Waals surface area contributed by atoms with Gasteiger partial charge >= 0.3 is 0 Å². The first-order valence-corrected chi connectivity index (χ1v) is 4.69. The van der Waals surface area contributed by atoms with Crippen molar-refractivity contribution >= 4 is 0 Å². The van der Waals surface area contributed by atoms with Gasteiger partial charge in [0.05, 0.1) is 0 Å². The SMILES string of the molecule is Cc1ccc(C)c(CC2CC2)n1. The monoisotopic (exact) mass is 161 g/mol. The average Bonchev–Trinajstić information content (AvgIpc) is 2.81. The second-order valence-corrected chi connectivity index (χ2v) is 3.86. The van der Waals surface area contributed by atoms with Crippen LogP contribution >= 0.6 is 0 Å². The van der Waals surface area contributed by atoms with Gasteiger partial charge in [-0.15, -0.1) is 0 Å². The molecule has 1 heterocycles. The Morgan fingerprint density at radius 1 is 1.33 bits per heavy atom. The van der Waals surface area contributed by atoms with E-state index in [4.69, 9.17) is 0 Å². The van der Waals surface area contributed by atoms with Gasteiger partial charge in [-0.1, -0.05) is 6.07 Å². The molecule has 0 bridgehead atoms. The number of hydrogen-bond acceptors (Lipinski definition) is 1. The average molecular weight is 161 g/mol. The molecule has 1 aliphatic rings. The lowest BCUT2D eigenvalue weighted by Crippen LogP contribution is -1.97. The fourth-order valence-electron chi connectivity index (χ4n) is 1.48. The molecule has 12 heavy (non-hydrogen) atoms. The molecule has 1 aromatic heterocycles. The number of rotatable bonds is 2. The zero-order valence-corrected chi connectivity index (χ0v) is 7.80. The molecule has 0 atom stereocenters. The Morgan fingerprint density at radius 3 is 2.75 bits per heavy atom. The van der Waals surface area contributed by atoms with Crippen LogP contribution in [0.4, 0.5) is 0 Å². The summed E-state index contributed by atoms with van der Waals surface area (Å²) in [5.74, 6) is 0.943. The van der Waals surface area contributed by atoms with Crippen molar-refractivity contribution in [3.8, 4) is 0 Å². The maximum absolute atomic E-state index is 4.55. The molecule has 1 fully saturated rings. The smallest absolute Gasteiger partial charge is 0.0438 e. The number of aryl methyl sites for hydroxylation is 2. The van der Waals surface area contributed by atoms with E-state index in [1.807, 2.05) is 0 Å². The predicted octanol–water partition coefficient (Wildman–Crippen LogP) is 2.65. The summed E-state index contributed by atoms with van der Waals surface area (Å²) in [6.45, 7) is 4.22. The van der Waals surface area contributed by atoms with Crippen LogP contribution in [-0.4, -0.2) is 4.98 Å². The van der Waals surface area contributed by atoms with Gasteiger partial charge < -0.3 is 0 Å². The van der Waals surface area contributed by atoms with Crippen LogP contribution in [0.25, 0.3) is 0 Å². The maximum Gasteiger partial charge on any atom is 0.0438 e. The van der Waals surface area contributed by atoms with Gasteiger partial charge in [0.15, 0.2) is 0 Å². The highest BCUT2D eigenvalue weighted by Crippen LogP contribution is 2.32. The summed E-state index contributed by atoms with van der Waals surface area (Å²) in [6.07, 6.45) is 4.03. The third-order valence-corrected chi connectivity index (χ3v) is 2.52. The Morgan fingerprint density at radius 2 is 2.08 bits per heavy atom. The van der Waals surface area contributed by atoms with Gasteiger partial charge in [-0.05, 0) is 50.7 Å². The molecule has 1 aromatic rings. The van der Waals surface area contributed by atoms with Crippen molar-refractivity contribution in [3.05, 3.63) is 29.1 Å². The zero-order valence-electron chi connectivity index (χ0n) is 7.80. The van der Waals surface area contributed by atoms with Gasteiger partial charge in [0, 0.05) is 11.4 Å². The second kappa shape index (κ2) is 2.89. The summed E-state index contributed by atoms with van der Waals surface area (Å²) < 4.78 is 0. The van der Waals surface area contributed by atoms with E-state index in [0.717, 1.165) is 11.6 Å². The normalized spacial score (nSPS) is 16.5. The molecular formula is C11H15N. The Balaban J connectivity index is 2.21. The minimum Gasteiger partial charge on any atom is -0.258 e. The van der Waals surface area contributed by atoms with Crippen LogP contribution in [0.5, 0.6) is 0 Å². The molecule has 0 aromatic carbocycles. The van der Waals surface area contributed by atoms with E-state index in [-0.39, 0.29) is 0 Å². The van der Waals surface area contributed by atoms with Crippen LogP contribution in [0.3, 0.4) is 0 Å². The van der Waals surface area contributed by atoms with E-state index in [0.29, 0.717) is 0 Å². The number of aromatic nitrogens is 1. The standard InChI is InChI=1S/C11H15N/c1-8-3-4-9(2)12-11(8)7-10-5-6-10/h3-4,10H,5-7H2,1-2H3. The Labute approximate surface area is 73.8 Å². The first kappa shape index (κ1) is 7.78. The van der Waals surface area contributed by atoms with Crippen molar-refractivity contribution in [3.63, 3.8) is 0 Å². The van der Waals surface area contributed by atoms with Crippen LogP contribution in [-0.2, 0) is 6.42 Å². The van der Waals surface area contributed by atoms with Gasteiger partial charge in [-0.25, -0.2) is 0 Å². The summed E-state index contributed by atoms with van der Waals surface area (Å²) in [4.78, 5) is 4.55. The maximum atomic E-state index is 4.55. The minimum atomic E-state index is 0.943. The van der Waals surface area contributed by atoms with Gasteiger partial charge in [0.25, 0.3) is 0 Å². The van der Waals surface area contributed by atoms with Crippen LogP contribution < -0.4 is 0 Å². The third-order valence-electron chi connectivity index (χ3n) is 2.52. The fraction of sp³-hybridized carbons (Fsp3) is 0.545. The molecular weight excluding hydrogens is 146 g/mol. The van der Waals surface area contributed by atoms with E-state index < -0.39 is 0 Å². The molecule has 0 aliphatic heterocycles. The van der Waals surface area contributed by atoms with E-state index >= 15 is 0 Å². The van der Waals surface area contributed by atoms with Gasteiger partial charge in [0.1, 0.15) is 0 Å². The highest BCUT2D eigenvalue weighted by molar-refractivity contribution is 5.22. The molecule has 1 aliphatic carbocycles. The summed E-state index contributed by atoms with van der Waals surface area (Å²) in [5, 5.41) is 0. The molecule has 1 saturated carbocycles. The summed E-state index contributed by atoms with van der Waals surface area (Å²) in [7, 11) is 0. The highest BCUT2D eigenvalue weighted by atomic mass is 14.7. The lowest BCUT2D eigenvalue weighted by Gasteiger charge is -2.04. The van der Waals surface area contributed by atoms with Gasteiger partial charge in [0.2, 0.25) is 0 Å². The number of nitrogens with zero attached hydrogens (tertiary/aromatic N) is 1. The second-order valence-electron chi connectivity index (χ2n) is 3.86. The number of hydrogen-bond donors (Lipinski definition) is 0. The van der Waals surface area contributed by atoms with Crippen molar-refractivity contribution in [2.45, 2.75) is 33.1 Å². The lowest BCUT2D eigenvalue weighted by atomic mass is 10.1. The first-order chi connectivity index (χ1) is 5.75. The molecule has 0 radical (unpaired) electrons. The van der Waals surface area contributed by atoms with Crippen LogP contribution in [0.1, 0.15) is 29.8 Å². The number of pyridine rings is 1. The quantitative estimate of drug-likeness (QED) is 0.649. The Kier molecular flexibility index (Phi) is 1.87. The Hall–Kier alpha value is -0.850. The van der Waals surface area contributed by atoms with E-state index in [9.17, 15) is 0 Å². The van der Waals surface area contributed by atoms with Gasteiger partial charge in [-0.3, -0.25) is 4.98 Å². The lowest BCUT2D eigenvalue weighted by molar-refractivity contribution is 0.792. The molecule has 0 N–H and O–H groups in total. The fourth-order valence-corrected chi connectivity index (χ4v) is 1.48. The van der Waals surface area contributed by atoms with E-state index in [2.05, 4.69) is 31.0 Å². The minimum absolute atomic E-state index is 0.943. The summed E-state index contributed by atoms with van der Waals surface area (Å²) in [6, 6.07) is 4.27. The Bertz CT molecular complexity index is 287.